The van der Waals surface area contributed by atoms with E-state index in [1.54, 1.807) is 0 Å². The summed E-state index contributed by atoms with van der Waals surface area (Å²) in [4.78, 5) is 2.47. The third-order valence-corrected chi connectivity index (χ3v) is 4.90. The van der Waals surface area contributed by atoms with Crippen molar-refractivity contribution in [1.29, 1.82) is 0 Å². The number of rotatable bonds is 6. The topological polar surface area (TPSA) is 49.4 Å². The van der Waals surface area contributed by atoms with Gasteiger partial charge in [-0.2, -0.15) is 0 Å². The van der Waals surface area contributed by atoms with Gasteiger partial charge in [-0.15, -0.1) is 0 Å². The highest BCUT2D eigenvalue weighted by atomic mass is 32.2. The second-order valence-electron chi connectivity index (χ2n) is 5.95. The highest BCUT2D eigenvalue weighted by Gasteiger charge is 2.20. The van der Waals surface area contributed by atoms with E-state index in [2.05, 4.69) is 9.62 Å². The highest BCUT2D eigenvalue weighted by molar-refractivity contribution is 7.89. The number of hydrogen-bond donors (Lipinski definition) is 1. The summed E-state index contributed by atoms with van der Waals surface area (Å²) >= 11 is 0. The minimum Gasteiger partial charge on any atom is -0.309 e. The molecule has 0 saturated carbocycles. The first-order valence-corrected chi connectivity index (χ1v) is 8.34. The maximum absolute atomic E-state index is 12.5. The maximum atomic E-state index is 12.5. The molecule has 0 saturated heterocycles. The molecule has 1 atom stereocenters. The van der Waals surface area contributed by atoms with Gasteiger partial charge in [0.2, 0.25) is 10.0 Å². The number of sulfonamides is 1. The zero-order valence-corrected chi connectivity index (χ0v) is 14.1. The smallest absolute Gasteiger partial charge is 0.241 e. The molecule has 0 bridgehead atoms. The van der Waals surface area contributed by atoms with Crippen LogP contribution < -0.4 is 4.72 Å². The van der Waals surface area contributed by atoms with Crippen LogP contribution >= 0.6 is 0 Å². The molecule has 0 aliphatic carbocycles. The lowest BCUT2D eigenvalue weighted by Gasteiger charge is -2.18. The van der Waals surface area contributed by atoms with Crippen LogP contribution in [-0.4, -0.2) is 40.5 Å². The van der Waals surface area contributed by atoms with Crippen LogP contribution in [0.25, 0.3) is 0 Å². The van der Waals surface area contributed by atoms with Crippen LogP contribution in [0.2, 0.25) is 0 Å². The second-order valence-corrected chi connectivity index (χ2v) is 7.65. The van der Waals surface area contributed by atoms with E-state index < -0.39 is 10.0 Å². The number of benzene rings is 1. The Morgan fingerprint density at radius 2 is 1.65 bits per heavy atom. The van der Waals surface area contributed by atoms with Crippen molar-refractivity contribution in [2.24, 2.45) is 5.92 Å². The van der Waals surface area contributed by atoms with Crippen molar-refractivity contribution >= 4 is 10.0 Å². The van der Waals surface area contributed by atoms with E-state index in [1.165, 1.54) is 0 Å². The van der Waals surface area contributed by atoms with Gasteiger partial charge in [0.25, 0.3) is 0 Å². The number of nitrogens with one attached hydrogen (secondary N) is 1. The van der Waals surface area contributed by atoms with Crippen LogP contribution in [0, 0.1) is 26.7 Å². The molecule has 4 nitrogen and oxygen atoms in total. The van der Waals surface area contributed by atoms with E-state index in [1.807, 2.05) is 53.9 Å². The SMILES string of the molecule is Cc1cc(C)c(S(=O)(=O)NC[C@H](C)CN(C)C)c(C)c1. The van der Waals surface area contributed by atoms with Crippen LogP contribution in [0.5, 0.6) is 0 Å². The van der Waals surface area contributed by atoms with E-state index >= 15 is 0 Å². The Morgan fingerprint density at radius 3 is 2.10 bits per heavy atom. The quantitative estimate of drug-likeness (QED) is 0.875. The number of hydrogen-bond acceptors (Lipinski definition) is 3. The van der Waals surface area contributed by atoms with Gasteiger partial charge in [0.1, 0.15) is 0 Å². The minimum atomic E-state index is -3.44. The summed E-state index contributed by atoms with van der Waals surface area (Å²) in [5.41, 5.74) is 2.69. The molecule has 0 radical (unpaired) electrons. The predicted octanol–water partition coefficient (Wildman–Crippen LogP) is 2.09. The van der Waals surface area contributed by atoms with Crippen LogP contribution in [0.1, 0.15) is 23.6 Å². The van der Waals surface area contributed by atoms with Crippen LogP contribution in [-0.2, 0) is 10.0 Å². The zero-order valence-electron chi connectivity index (χ0n) is 13.3. The Bertz CT molecular complexity index is 542. The molecular formula is C15H26N2O2S. The lowest BCUT2D eigenvalue weighted by molar-refractivity contribution is 0.339. The molecular weight excluding hydrogens is 272 g/mol. The van der Waals surface area contributed by atoms with Gasteiger partial charge < -0.3 is 4.90 Å². The summed E-state index contributed by atoms with van der Waals surface area (Å²) in [6.45, 7) is 9.01. The lowest BCUT2D eigenvalue weighted by Crippen LogP contribution is -2.33. The van der Waals surface area contributed by atoms with Gasteiger partial charge in [-0.05, 0) is 51.9 Å². The van der Waals surface area contributed by atoms with Crippen molar-refractivity contribution in [2.75, 3.05) is 27.2 Å². The highest BCUT2D eigenvalue weighted by Crippen LogP contribution is 2.21. The van der Waals surface area contributed by atoms with Crippen LogP contribution in [0.3, 0.4) is 0 Å². The van der Waals surface area contributed by atoms with Crippen molar-refractivity contribution in [3.63, 3.8) is 0 Å². The summed E-state index contributed by atoms with van der Waals surface area (Å²) in [7, 11) is 0.533. The fourth-order valence-corrected chi connectivity index (χ4v) is 4.22. The molecule has 0 spiro atoms. The third kappa shape index (κ3) is 4.58. The van der Waals surface area contributed by atoms with E-state index in [9.17, 15) is 8.42 Å². The normalized spacial score (nSPS) is 13.8. The van der Waals surface area contributed by atoms with Gasteiger partial charge in [-0.3, -0.25) is 0 Å². The van der Waals surface area contributed by atoms with Crippen molar-refractivity contribution in [2.45, 2.75) is 32.6 Å². The minimum absolute atomic E-state index is 0.269. The summed E-state index contributed by atoms with van der Waals surface area (Å²) in [5, 5.41) is 0. The van der Waals surface area contributed by atoms with E-state index in [0.717, 1.165) is 23.2 Å². The second kappa shape index (κ2) is 6.70. The molecule has 0 aromatic heterocycles. The van der Waals surface area contributed by atoms with Crippen molar-refractivity contribution in [3.8, 4) is 0 Å². The fraction of sp³-hybridized carbons (Fsp3) is 0.600. The molecule has 114 valence electrons. The molecule has 0 heterocycles. The Morgan fingerprint density at radius 1 is 1.15 bits per heavy atom. The molecule has 5 heteroatoms. The molecule has 1 rings (SSSR count). The van der Waals surface area contributed by atoms with E-state index in [4.69, 9.17) is 0 Å². The summed E-state index contributed by atoms with van der Waals surface area (Å²) in [5.74, 6) is 0.269. The van der Waals surface area contributed by atoms with Gasteiger partial charge in [0.15, 0.2) is 0 Å². The Balaban J connectivity index is 2.90. The first-order chi connectivity index (χ1) is 9.13. The number of aryl methyl sites for hydroxylation is 3. The Labute approximate surface area is 123 Å². The van der Waals surface area contributed by atoms with E-state index in [-0.39, 0.29) is 5.92 Å². The van der Waals surface area contributed by atoms with Crippen LogP contribution in [0.15, 0.2) is 17.0 Å². The molecule has 1 N–H and O–H groups in total. The maximum Gasteiger partial charge on any atom is 0.241 e. The molecule has 0 aliphatic rings. The Hall–Kier alpha value is -0.910. The van der Waals surface area contributed by atoms with Gasteiger partial charge in [-0.1, -0.05) is 24.6 Å². The summed E-state index contributed by atoms with van der Waals surface area (Å²) in [6.07, 6.45) is 0. The first kappa shape index (κ1) is 17.1. The average molecular weight is 298 g/mol. The first-order valence-electron chi connectivity index (χ1n) is 6.85. The van der Waals surface area contributed by atoms with Gasteiger partial charge in [-0.25, -0.2) is 13.1 Å². The van der Waals surface area contributed by atoms with Crippen molar-refractivity contribution < 1.29 is 8.42 Å². The molecule has 0 unspecified atom stereocenters. The number of nitrogens with zero attached hydrogens (tertiary/aromatic N) is 1. The van der Waals surface area contributed by atoms with Gasteiger partial charge in [0.05, 0.1) is 4.90 Å². The molecule has 0 fully saturated rings. The fourth-order valence-electron chi connectivity index (χ4n) is 2.60. The third-order valence-electron chi connectivity index (χ3n) is 3.17. The zero-order chi connectivity index (χ0) is 15.5. The molecule has 0 amide bonds. The van der Waals surface area contributed by atoms with Crippen molar-refractivity contribution in [1.82, 2.24) is 9.62 Å². The summed E-state index contributed by atoms with van der Waals surface area (Å²) in [6, 6.07) is 3.82. The van der Waals surface area contributed by atoms with E-state index in [0.29, 0.717) is 11.4 Å². The van der Waals surface area contributed by atoms with Gasteiger partial charge in [0, 0.05) is 13.1 Å². The molecule has 0 aliphatic heterocycles. The predicted molar refractivity (Wildman–Crippen MR) is 83.6 cm³/mol. The van der Waals surface area contributed by atoms with Crippen molar-refractivity contribution in [3.05, 3.63) is 28.8 Å². The Kier molecular flexibility index (Phi) is 5.74. The average Bonchev–Trinajstić information content (AvgIpc) is 2.23. The monoisotopic (exact) mass is 298 g/mol. The molecule has 1 aromatic rings. The van der Waals surface area contributed by atoms with Gasteiger partial charge >= 0.3 is 0 Å². The largest absolute Gasteiger partial charge is 0.309 e. The molecule has 1 aromatic carbocycles. The molecule has 20 heavy (non-hydrogen) atoms. The van der Waals surface area contributed by atoms with Crippen LogP contribution in [0.4, 0.5) is 0 Å². The lowest BCUT2D eigenvalue weighted by atomic mass is 10.1. The summed E-state index contributed by atoms with van der Waals surface area (Å²) < 4.78 is 27.6. The standard InChI is InChI=1S/C15H26N2O2S/c1-11-7-13(3)15(14(4)8-11)20(18,19)16-9-12(2)10-17(5)6/h7-8,12,16H,9-10H2,1-6H3/t12-/m0/s1.